The Kier molecular flexibility index (Phi) is 4.10. The Labute approximate surface area is 134 Å². The molecule has 5 nitrogen and oxygen atoms in total. The van der Waals surface area contributed by atoms with E-state index in [1.807, 2.05) is 43.3 Å². The third-order valence-electron chi connectivity index (χ3n) is 3.52. The summed E-state index contributed by atoms with van der Waals surface area (Å²) < 4.78 is 0. The summed E-state index contributed by atoms with van der Waals surface area (Å²) in [7, 11) is 1.59. The van der Waals surface area contributed by atoms with Crippen LogP contribution >= 0.6 is 0 Å². The van der Waals surface area contributed by atoms with Gasteiger partial charge in [-0.2, -0.15) is 0 Å². The third-order valence-corrected chi connectivity index (χ3v) is 3.52. The number of rotatable bonds is 3. The Balaban J connectivity index is 2.15. The molecule has 0 saturated heterocycles. The summed E-state index contributed by atoms with van der Waals surface area (Å²) in [5.41, 5.74) is 3.95. The van der Waals surface area contributed by atoms with E-state index in [1.165, 1.54) is 5.56 Å². The van der Waals surface area contributed by atoms with Crippen molar-refractivity contribution < 1.29 is 4.79 Å². The molecule has 0 aliphatic heterocycles. The van der Waals surface area contributed by atoms with E-state index >= 15 is 0 Å². The molecule has 2 aromatic heterocycles. The Morgan fingerprint density at radius 2 is 1.70 bits per heavy atom. The molecule has 0 aliphatic rings. The van der Waals surface area contributed by atoms with Gasteiger partial charge in [-0.25, -0.2) is 9.97 Å². The van der Waals surface area contributed by atoms with Gasteiger partial charge in [-0.05, 0) is 19.1 Å². The van der Waals surface area contributed by atoms with Crippen LogP contribution in [0.4, 0.5) is 0 Å². The van der Waals surface area contributed by atoms with Crippen molar-refractivity contribution in [3.8, 4) is 22.6 Å². The summed E-state index contributed by atoms with van der Waals surface area (Å²) in [6.45, 7) is 2.03. The van der Waals surface area contributed by atoms with E-state index in [1.54, 1.807) is 25.6 Å². The maximum Gasteiger partial charge on any atom is 0.254 e. The molecule has 0 radical (unpaired) electrons. The van der Waals surface area contributed by atoms with Gasteiger partial charge >= 0.3 is 0 Å². The van der Waals surface area contributed by atoms with Crippen molar-refractivity contribution in [2.24, 2.45) is 0 Å². The predicted molar refractivity (Wildman–Crippen MR) is 88.8 cm³/mol. The van der Waals surface area contributed by atoms with Gasteiger partial charge < -0.3 is 5.32 Å². The highest BCUT2D eigenvalue weighted by Gasteiger charge is 2.15. The van der Waals surface area contributed by atoms with Gasteiger partial charge in [0, 0.05) is 36.8 Å². The standard InChI is InChI=1S/C18H16N4O/c1-12-3-5-14(6-4-12)17-21-11-15(18(23)19-2)16(22-17)13-7-9-20-10-8-13/h3-11H,1-2H3,(H,19,23). The fourth-order valence-corrected chi connectivity index (χ4v) is 2.25. The summed E-state index contributed by atoms with van der Waals surface area (Å²) >= 11 is 0. The van der Waals surface area contributed by atoms with E-state index in [0.717, 1.165) is 11.1 Å². The van der Waals surface area contributed by atoms with E-state index in [2.05, 4.69) is 20.3 Å². The molecule has 0 aliphatic carbocycles. The van der Waals surface area contributed by atoms with Crippen LogP contribution in [0.2, 0.25) is 0 Å². The summed E-state index contributed by atoms with van der Waals surface area (Å²) in [6, 6.07) is 11.6. The lowest BCUT2D eigenvalue weighted by Gasteiger charge is -2.09. The van der Waals surface area contributed by atoms with Crippen LogP contribution in [0, 0.1) is 6.92 Å². The molecule has 1 aromatic carbocycles. The van der Waals surface area contributed by atoms with Crippen LogP contribution in [0.1, 0.15) is 15.9 Å². The Morgan fingerprint density at radius 1 is 1.00 bits per heavy atom. The van der Waals surface area contributed by atoms with Gasteiger partial charge in [0.15, 0.2) is 5.82 Å². The van der Waals surface area contributed by atoms with Crippen LogP contribution in [0.3, 0.4) is 0 Å². The molecular weight excluding hydrogens is 288 g/mol. The number of aromatic nitrogens is 3. The van der Waals surface area contributed by atoms with E-state index in [9.17, 15) is 4.79 Å². The molecule has 3 rings (SSSR count). The van der Waals surface area contributed by atoms with Crippen molar-refractivity contribution >= 4 is 5.91 Å². The lowest BCUT2D eigenvalue weighted by Crippen LogP contribution is -2.19. The van der Waals surface area contributed by atoms with Crippen molar-refractivity contribution in [3.05, 3.63) is 66.1 Å². The second-order valence-corrected chi connectivity index (χ2v) is 5.14. The summed E-state index contributed by atoms with van der Waals surface area (Å²) in [4.78, 5) is 25.1. The first-order valence-electron chi connectivity index (χ1n) is 7.25. The third kappa shape index (κ3) is 3.08. The molecule has 2 heterocycles. The maximum absolute atomic E-state index is 12.1. The highest BCUT2D eigenvalue weighted by molar-refractivity contribution is 5.99. The molecule has 1 amide bonds. The quantitative estimate of drug-likeness (QED) is 0.808. The van der Waals surface area contributed by atoms with Crippen LogP contribution in [0.25, 0.3) is 22.6 Å². The smallest absolute Gasteiger partial charge is 0.254 e. The molecule has 0 atom stereocenters. The molecule has 0 spiro atoms. The number of carbonyl (C=O) groups is 1. The lowest BCUT2D eigenvalue weighted by molar-refractivity contribution is 0.0963. The van der Waals surface area contributed by atoms with Crippen LogP contribution in [0.5, 0.6) is 0 Å². The second-order valence-electron chi connectivity index (χ2n) is 5.14. The number of pyridine rings is 1. The molecule has 23 heavy (non-hydrogen) atoms. The molecular formula is C18H16N4O. The number of carbonyl (C=O) groups excluding carboxylic acids is 1. The zero-order valence-electron chi connectivity index (χ0n) is 12.9. The van der Waals surface area contributed by atoms with Crippen LogP contribution in [-0.2, 0) is 0 Å². The van der Waals surface area contributed by atoms with Gasteiger partial charge in [0.2, 0.25) is 0 Å². The molecule has 0 saturated carbocycles. The average molecular weight is 304 g/mol. The topological polar surface area (TPSA) is 67.8 Å². The minimum atomic E-state index is -0.215. The minimum Gasteiger partial charge on any atom is -0.355 e. The fourth-order valence-electron chi connectivity index (χ4n) is 2.25. The summed E-state index contributed by atoms with van der Waals surface area (Å²) in [5, 5.41) is 2.62. The Bertz CT molecular complexity index is 829. The van der Waals surface area contributed by atoms with Crippen molar-refractivity contribution in [1.82, 2.24) is 20.3 Å². The Hall–Kier alpha value is -3.08. The molecule has 0 unspecified atom stereocenters. The second kappa shape index (κ2) is 6.36. The summed E-state index contributed by atoms with van der Waals surface area (Å²) in [5.74, 6) is 0.372. The number of hydrogen-bond donors (Lipinski definition) is 1. The SMILES string of the molecule is CNC(=O)c1cnc(-c2ccc(C)cc2)nc1-c1ccncc1. The van der Waals surface area contributed by atoms with Gasteiger partial charge in [-0.15, -0.1) is 0 Å². The van der Waals surface area contributed by atoms with E-state index in [-0.39, 0.29) is 5.91 Å². The molecule has 114 valence electrons. The Morgan fingerprint density at radius 3 is 2.35 bits per heavy atom. The first-order chi connectivity index (χ1) is 11.2. The van der Waals surface area contributed by atoms with Gasteiger partial charge in [-0.1, -0.05) is 29.8 Å². The lowest BCUT2D eigenvalue weighted by atomic mass is 10.1. The van der Waals surface area contributed by atoms with Crippen molar-refractivity contribution in [1.29, 1.82) is 0 Å². The van der Waals surface area contributed by atoms with E-state index < -0.39 is 0 Å². The van der Waals surface area contributed by atoms with Gasteiger partial charge in [0.25, 0.3) is 5.91 Å². The first kappa shape index (κ1) is 14.8. The number of hydrogen-bond acceptors (Lipinski definition) is 4. The molecule has 0 fully saturated rings. The van der Waals surface area contributed by atoms with Crippen LogP contribution in [-0.4, -0.2) is 27.9 Å². The largest absolute Gasteiger partial charge is 0.355 e. The molecule has 0 bridgehead atoms. The number of nitrogens with one attached hydrogen (secondary N) is 1. The van der Waals surface area contributed by atoms with Crippen molar-refractivity contribution in [2.45, 2.75) is 6.92 Å². The zero-order valence-corrected chi connectivity index (χ0v) is 12.9. The van der Waals surface area contributed by atoms with Gasteiger partial charge in [-0.3, -0.25) is 9.78 Å². The monoisotopic (exact) mass is 304 g/mol. The van der Waals surface area contributed by atoms with Gasteiger partial charge in [0.1, 0.15) is 0 Å². The zero-order chi connectivity index (χ0) is 16.2. The number of benzene rings is 1. The van der Waals surface area contributed by atoms with E-state index in [0.29, 0.717) is 17.1 Å². The highest BCUT2D eigenvalue weighted by atomic mass is 16.1. The van der Waals surface area contributed by atoms with Crippen molar-refractivity contribution in [2.75, 3.05) is 7.05 Å². The average Bonchev–Trinajstić information content (AvgIpc) is 2.62. The van der Waals surface area contributed by atoms with Crippen molar-refractivity contribution in [3.63, 3.8) is 0 Å². The summed E-state index contributed by atoms with van der Waals surface area (Å²) in [6.07, 6.45) is 4.92. The molecule has 3 aromatic rings. The number of amides is 1. The first-order valence-corrected chi connectivity index (χ1v) is 7.25. The normalized spacial score (nSPS) is 10.3. The maximum atomic E-state index is 12.1. The fraction of sp³-hybridized carbons (Fsp3) is 0.111. The predicted octanol–water partition coefficient (Wildman–Crippen LogP) is 2.87. The highest BCUT2D eigenvalue weighted by Crippen LogP contribution is 2.24. The molecule has 1 N–H and O–H groups in total. The minimum absolute atomic E-state index is 0.215. The van der Waals surface area contributed by atoms with Crippen LogP contribution in [0.15, 0.2) is 55.0 Å². The number of nitrogens with zero attached hydrogens (tertiary/aromatic N) is 3. The van der Waals surface area contributed by atoms with Crippen LogP contribution < -0.4 is 5.32 Å². The van der Waals surface area contributed by atoms with E-state index in [4.69, 9.17) is 0 Å². The number of aryl methyl sites for hydroxylation is 1. The molecule has 5 heteroatoms. The van der Waals surface area contributed by atoms with Gasteiger partial charge in [0.05, 0.1) is 11.3 Å².